The van der Waals surface area contributed by atoms with Gasteiger partial charge in [-0.1, -0.05) is 60.7 Å². The number of sulfonamides is 1. The first-order chi connectivity index (χ1) is 11.5. The van der Waals surface area contributed by atoms with Crippen LogP contribution in [-0.2, 0) is 14.8 Å². The molecule has 1 heterocycles. The van der Waals surface area contributed by atoms with E-state index in [1.807, 2.05) is 36.4 Å². The summed E-state index contributed by atoms with van der Waals surface area (Å²) in [6.45, 7) is 1.32. The van der Waals surface area contributed by atoms with Crippen molar-refractivity contribution in [3.05, 3.63) is 71.8 Å². The number of morpholine rings is 1. The molecule has 0 radical (unpaired) electrons. The third-order valence-electron chi connectivity index (χ3n) is 4.47. The Balaban J connectivity index is 1.82. The molecule has 1 aliphatic heterocycles. The van der Waals surface area contributed by atoms with Crippen LogP contribution in [0.3, 0.4) is 0 Å². The van der Waals surface area contributed by atoms with Gasteiger partial charge in [-0.25, -0.2) is 8.42 Å². The van der Waals surface area contributed by atoms with E-state index in [9.17, 15) is 8.42 Å². The van der Waals surface area contributed by atoms with Gasteiger partial charge >= 0.3 is 0 Å². The van der Waals surface area contributed by atoms with Crippen LogP contribution in [0, 0.1) is 0 Å². The minimum Gasteiger partial charge on any atom is -0.375 e. The normalized spacial score (nSPS) is 19.5. The highest BCUT2D eigenvalue weighted by atomic mass is 32.2. The fourth-order valence-corrected chi connectivity index (χ4v) is 4.08. The SMILES string of the molecule is CS(=O)(=O)N1CCOC(CC(c2ccccc2)c2ccccc2)C1. The van der Waals surface area contributed by atoms with E-state index in [0.29, 0.717) is 19.7 Å². The maximum Gasteiger partial charge on any atom is 0.211 e. The number of nitrogens with zero attached hydrogens (tertiary/aromatic N) is 1. The molecule has 2 aromatic rings. The summed E-state index contributed by atoms with van der Waals surface area (Å²) in [5.41, 5.74) is 2.45. The van der Waals surface area contributed by atoms with Gasteiger partial charge in [0.25, 0.3) is 0 Å². The molecule has 0 saturated carbocycles. The standard InChI is InChI=1S/C19H23NO3S/c1-24(21,22)20-12-13-23-18(15-20)14-19(16-8-4-2-5-9-16)17-10-6-3-7-11-17/h2-11,18-19H,12-15H2,1H3. The molecule has 1 fully saturated rings. The average Bonchev–Trinajstić information content (AvgIpc) is 2.61. The average molecular weight is 345 g/mol. The minimum atomic E-state index is -3.17. The highest BCUT2D eigenvalue weighted by Crippen LogP contribution is 2.31. The first-order valence-corrected chi connectivity index (χ1v) is 10.1. The van der Waals surface area contributed by atoms with Crippen molar-refractivity contribution < 1.29 is 13.2 Å². The molecule has 1 atom stereocenters. The second kappa shape index (κ2) is 7.47. The predicted molar refractivity (Wildman–Crippen MR) is 95.5 cm³/mol. The highest BCUT2D eigenvalue weighted by molar-refractivity contribution is 7.88. The Hall–Kier alpha value is -1.69. The van der Waals surface area contributed by atoms with Gasteiger partial charge in [-0.05, 0) is 17.5 Å². The van der Waals surface area contributed by atoms with E-state index in [0.717, 1.165) is 6.42 Å². The summed E-state index contributed by atoms with van der Waals surface area (Å²) in [6.07, 6.45) is 1.93. The van der Waals surface area contributed by atoms with Crippen molar-refractivity contribution in [2.24, 2.45) is 0 Å². The second-order valence-corrected chi connectivity index (χ2v) is 8.21. The molecule has 128 valence electrons. The number of benzene rings is 2. The molecule has 0 N–H and O–H groups in total. The largest absolute Gasteiger partial charge is 0.375 e. The Morgan fingerprint density at radius 1 is 1.04 bits per heavy atom. The molecular weight excluding hydrogens is 322 g/mol. The molecule has 0 spiro atoms. The van der Waals surface area contributed by atoms with Crippen LogP contribution in [0.25, 0.3) is 0 Å². The summed E-state index contributed by atoms with van der Waals surface area (Å²) in [7, 11) is -3.17. The number of ether oxygens (including phenoxy) is 1. The molecule has 1 aliphatic rings. The number of hydrogen-bond donors (Lipinski definition) is 0. The van der Waals surface area contributed by atoms with Crippen molar-refractivity contribution in [3.8, 4) is 0 Å². The molecule has 4 nitrogen and oxygen atoms in total. The number of rotatable bonds is 5. The lowest BCUT2D eigenvalue weighted by atomic mass is 9.86. The van der Waals surface area contributed by atoms with Gasteiger partial charge in [-0.2, -0.15) is 4.31 Å². The van der Waals surface area contributed by atoms with Gasteiger partial charge in [-0.15, -0.1) is 0 Å². The van der Waals surface area contributed by atoms with Gasteiger partial charge in [0.15, 0.2) is 0 Å². The van der Waals surface area contributed by atoms with E-state index in [1.54, 1.807) is 0 Å². The molecule has 24 heavy (non-hydrogen) atoms. The quantitative estimate of drug-likeness (QED) is 0.837. The van der Waals surface area contributed by atoms with Gasteiger partial charge in [-0.3, -0.25) is 0 Å². The van der Waals surface area contributed by atoms with Crippen LogP contribution in [0.15, 0.2) is 60.7 Å². The Kier molecular flexibility index (Phi) is 5.33. The zero-order chi connectivity index (χ0) is 17.0. The lowest BCUT2D eigenvalue weighted by Gasteiger charge is -2.33. The summed E-state index contributed by atoms with van der Waals surface area (Å²) in [5.74, 6) is 0.192. The second-order valence-electron chi connectivity index (χ2n) is 6.22. The minimum absolute atomic E-state index is 0.0983. The molecule has 0 aromatic heterocycles. The van der Waals surface area contributed by atoms with Crippen LogP contribution in [0.2, 0.25) is 0 Å². The molecule has 0 aliphatic carbocycles. The van der Waals surface area contributed by atoms with Crippen molar-refractivity contribution in [3.63, 3.8) is 0 Å². The summed E-state index contributed by atoms with van der Waals surface area (Å²) < 4.78 is 31.0. The lowest BCUT2D eigenvalue weighted by Crippen LogP contribution is -2.45. The first kappa shape index (κ1) is 17.1. The molecule has 1 unspecified atom stereocenters. The van der Waals surface area contributed by atoms with Crippen LogP contribution >= 0.6 is 0 Å². The van der Waals surface area contributed by atoms with E-state index >= 15 is 0 Å². The van der Waals surface area contributed by atoms with Crippen molar-refractivity contribution >= 4 is 10.0 Å². The van der Waals surface area contributed by atoms with Gasteiger partial charge in [0.05, 0.1) is 19.0 Å². The molecule has 2 aromatic carbocycles. The zero-order valence-electron chi connectivity index (χ0n) is 13.8. The van der Waals surface area contributed by atoms with Crippen LogP contribution in [-0.4, -0.2) is 44.8 Å². The third kappa shape index (κ3) is 4.23. The van der Waals surface area contributed by atoms with Crippen molar-refractivity contribution in [1.29, 1.82) is 0 Å². The summed E-state index contributed by atoms with van der Waals surface area (Å²) in [6, 6.07) is 20.6. The van der Waals surface area contributed by atoms with E-state index in [4.69, 9.17) is 4.74 Å². The molecule has 0 amide bonds. The first-order valence-electron chi connectivity index (χ1n) is 8.20. The summed E-state index contributed by atoms with van der Waals surface area (Å²) in [5, 5.41) is 0. The Morgan fingerprint density at radius 2 is 1.58 bits per heavy atom. The van der Waals surface area contributed by atoms with E-state index in [1.165, 1.54) is 21.7 Å². The maximum absolute atomic E-state index is 11.8. The van der Waals surface area contributed by atoms with E-state index in [2.05, 4.69) is 24.3 Å². The van der Waals surface area contributed by atoms with E-state index in [-0.39, 0.29) is 12.0 Å². The van der Waals surface area contributed by atoms with Crippen LogP contribution in [0.5, 0.6) is 0 Å². The highest BCUT2D eigenvalue weighted by Gasteiger charge is 2.29. The smallest absolute Gasteiger partial charge is 0.211 e. The summed E-state index contributed by atoms with van der Waals surface area (Å²) in [4.78, 5) is 0. The van der Waals surface area contributed by atoms with E-state index < -0.39 is 10.0 Å². The Bertz CT molecular complexity index is 707. The maximum atomic E-state index is 11.8. The van der Waals surface area contributed by atoms with Crippen LogP contribution in [0.4, 0.5) is 0 Å². The Labute approximate surface area is 144 Å². The fourth-order valence-electron chi connectivity index (χ4n) is 3.23. The molecular formula is C19H23NO3S. The van der Waals surface area contributed by atoms with Crippen LogP contribution < -0.4 is 0 Å². The fraction of sp³-hybridized carbons (Fsp3) is 0.368. The predicted octanol–water partition coefficient (Wildman–Crippen LogP) is 2.87. The summed E-state index contributed by atoms with van der Waals surface area (Å²) >= 11 is 0. The lowest BCUT2D eigenvalue weighted by molar-refractivity contribution is -0.00735. The van der Waals surface area contributed by atoms with Crippen molar-refractivity contribution in [2.75, 3.05) is 26.0 Å². The zero-order valence-corrected chi connectivity index (χ0v) is 14.7. The number of hydrogen-bond acceptors (Lipinski definition) is 3. The molecule has 0 bridgehead atoms. The third-order valence-corrected chi connectivity index (χ3v) is 5.74. The van der Waals surface area contributed by atoms with Crippen molar-refractivity contribution in [2.45, 2.75) is 18.4 Å². The molecule has 3 rings (SSSR count). The Morgan fingerprint density at radius 3 is 2.08 bits per heavy atom. The van der Waals surface area contributed by atoms with Gasteiger partial charge in [0, 0.05) is 19.0 Å². The van der Waals surface area contributed by atoms with Crippen LogP contribution in [0.1, 0.15) is 23.5 Å². The van der Waals surface area contributed by atoms with Gasteiger partial charge in [0.1, 0.15) is 0 Å². The van der Waals surface area contributed by atoms with Gasteiger partial charge < -0.3 is 4.74 Å². The molecule has 1 saturated heterocycles. The monoisotopic (exact) mass is 345 g/mol. The van der Waals surface area contributed by atoms with Crippen molar-refractivity contribution in [1.82, 2.24) is 4.31 Å². The topological polar surface area (TPSA) is 46.6 Å². The molecule has 5 heteroatoms. The van der Waals surface area contributed by atoms with Gasteiger partial charge in [0.2, 0.25) is 10.0 Å².